The van der Waals surface area contributed by atoms with Crippen molar-refractivity contribution in [3.05, 3.63) is 267 Å². The summed E-state index contributed by atoms with van der Waals surface area (Å²) in [6.45, 7) is 3.16. The summed E-state index contributed by atoms with van der Waals surface area (Å²) in [4.78, 5) is 0. The largest absolute Gasteiger partial charge is 0.341 e. The molecule has 0 saturated heterocycles. The van der Waals surface area contributed by atoms with E-state index in [1.165, 1.54) is 132 Å². The van der Waals surface area contributed by atoms with E-state index in [0.29, 0.717) is 0 Å². The number of aryl methyl sites for hydroxylation is 1. The van der Waals surface area contributed by atoms with Gasteiger partial charge in [0.15, 0.2) is 0 Å². The van der Waals surface area contributed by atoms with Crippen molar-refractivity contribution in [3.8, 4) is 89.0 Å². The molecule has 13 aromatic rings. The molecule has 1 nitrogen and oxygen atoms in total. The molecule has 0 atom stereocenters. The predicted molar refractivity (Wildman–Crippen MR) is 304 cm³/mol. The zero-order chi connectivity index (χ0) is 47.3. The molecule has 13 rings (SSSR count). The standard InChI is InChI=1S/C70H49N/c1-2-71-67-41-37-59(50-21-13-6-14-22-50)43-63(67)64-44-60(38-42-68(64)71)54-25-23-52(24-26-54)53-29-33-56(34-30-53)70-62-40-36-57(48-17-9-4-10-18-48)45-65(62)69(55-31-27-51(28-32-55)47-15-7-3-8-16-47)61-39-35-58(46-66(61)70)49-19-11-5-12-20-49/h3-46H,2H2,1H3. The summed E-state index contributed by atoms with van der Waals surface area (Å²) >= 11 is 0. The van der Waals surface area contributed by atoms with Crippen LogP contribution in [-0.2, 0) is 6.54 Å². The molecule has 0 aliphatic heterocycles. The number of hydrogen-bond donors (Lipinski definition) is 0. The SMILES string of the molecule is CCn1c2ccc(-c3ccccc3)cc2c2cc(-c3ccc(-c4ccc(-c5c6ccc(-c7ccccc7)cc6c(-c6ccc(-c7ccccc7)cc6)c6ccc(-c7ccccc7)cc56)cc4)cc3)ccc21. The van der Waals surface area contributed by atoms with Crippen molar-refractivity contribution in [1.29, 1.82) is 0 Å². The molecule has 12 aromatic carbocycles. The van der Waals surface area contributed by atoms with Gasteiger partial charge in [-0.2, -0.15) is 0 Å². The Balaban J connectivity index is 0.917. The molecule has 0 radical (unpaired) electrons. The van der Waals surface area contributed by atoms with E-state index in [0.717, 1.165) is 6.54 Å². The van der Waals surface area contributed by atoms with E-state index in [9.17, 15) is 0 Å². The highest BCUT2D eigenvalue weighted by atomic mass is 15.0. The number of fused-ring (bicyclic) bond motifs is 5. The Kier molecular flexibility index (Phi) is 10.6. The first kappa shape index (κ1) is 42.1. The van der Waals surface area contributed by atoms with Crippen LogP contribution in [-0.4, -0.2) is 4.57 Å². The molecule has 0 fully saturated rings. The fraction of sp³-hybridized carbons (Fsp3) is 0.0286. The van der Waals surface area contributed by atoms with Gasteiger partial charge in [0, 0.05) is 28.4 Å². The Bertz CT molecular complexity index is 4060. The van der Waals surface area contributed by atoms with Gasteiger partial charge >= 0.3 is 0 Å². The zero-order valence-corrected chi connectivity index (χ0v) is 39.6. The van der Waals surface area contributed by atoms with Crippen molar-refractivity contribution in [2.75, 3.05) is 0 Å². The number of rotatable bonds is 9. The van der Waals surface area contributed by atoms with Gasteiger partial charge in [0.25, 0.3) is 0 Å². The van der Waals surface area contributed by atoms with Gasteiger partial charge < -0.3 is 4.57 Å². The first-order chi connectivity index (χ1) is 35.1. The number of nitrogens with zero attached hydrogens (tertiary/aromatic N) is 1. The maximum Gasteiger partial charge on any atom is 0.0491 e. The minimum absolute atomic E-state index is 0.920. The quantitative estimate of drug-likeness (QED) is 0.127. The average Bonchev–Trinajstić information content (AvgIpc) is 3.77. The van der Waals surface area contributed by atoms with Crippen LogP contribution in [0.3, 0.4) is 0 Å². The topological polar surface area (TPSA) is 4.93 Å². The molecule has 334 valence electrons. The summed E-state index contributed by atoms with van der Waals surface area (Å²) < 4.78 is 2.44. The average molecular weight is 904 g/mol. The van der Waals surface area contributed by atoms with E-state index in [1.54, 1.807) is 0 Å². The lowest BCUT2D eigenvalue weighted by Crippen LogP contribution is -1.93. The van der Waals surface area contributed by atoms with Crippen LogP contribution in [0.5, 0.6) is 0 Å². The summed E-state index contributed by atoms with van der Waals surface area (Å²) in [5.41, 5.74) is 22.0. The van der Waals surface area contributed by atoms with E-state index in [4.69, 9.17) is 0 Å². The van der Waals surface area contributed by atoms with Crippen molar-refractivity contribution in [2.45, 2.75) is 13.5 Å². The molecule has 0 saturated carbocycles. The predicted octanol–water partition coefficient (Wildman–Crippen LogP) is 19.5. The summed E-state index contributed by atoms with van der Waals surface area (Å²) in [7, 11) is 0. The summed E-state index contributed by atoms with van der Waals surface area (Å²) in [5, 5.41) is 7.53. The molecule has 0 amide bonds. The van der Waals surface area contributed by atoms with Gasteiger partial charge in [-0.15, -0.1) is 0 Å². The molecular formula is C70H49N. The van der Waals surface area contributed by atoms with Crippen LogP contribution in [0.15, 0.2) is 267 Å². The van der Waals surface area contributed by atoms with Crippen LogP contribution in [0.1, 0.15) is 6.92 Å². The van der Waals surface area contributed by atoms with Crippen LogP contribution in [0, 0.1) is 0 Å². The second kappa shape index (κ2) is 17.8. The maximum atomic E-state index is 2.44. The van der Waals surface area contributed by atoms with Gasteiger partial charge in [0.2, 0.25) is 0 Å². The van der Waals surface area contributed by atoms with Crippen LogP contribution in [0.2, 0.25) is 0 Å². The number of benzene rings is 12. The lowest BCUT2D eigenvalue weighted by molar-refractivity contribution is 0.827. The lowest BCUT2D eigenvalue weighted by Gasteiger charge is -2.20. The van der Waals surface area contributed by atoms with Crippen molar-refractivity contribution < 1.29 is 0 Å². The van der Waals surface area contributed by atoms with E-state index >= 15 is 0 Å². The smallest absolute Gasteiger partial charge is 0.0491 e. The first-order valence-electron chi connectivity index (χ1n) is 24.8. The molecule has 0 N–H and O–H groups in total. The molecule has 71 heavy (non-hydrogen) atoms. The second-order valence-electron chi connectivity index (χ2n) is 18.7. The molecule has 0 aliphatic carbocycles. The normalized spacial score (nSPS) is 11.5. The van der Waals surface area contributed by atoms with Crippen molar-refractivity contribution in [1.82, 2.24) is 4.57 Å². The molecule has 0 unspecified atom stereocenters. The Hall–Kier alpha value is -9.04. The van der Waals surface area contributed by atoms with Crippen LogP contribution >= 0.6 is 0 Å². The van der Waals surface area contributed by atoms with E-state index in [1.807, 2.05) is 0 Å². The molecule has 1 aromatic heterocycles. The highest BCUT2D eigenvalue weighted by molar-refractivity contribution is 6.22. The minimum atomic E-state index is 0.920. The van der Waals surface area contributed by atoms with Crippen LogP contribution < -0.4 is 0 Å². The fourth-order valence-corrected chi connectivity index (χ4v) is 11.0. The maximum absolute atomic E-state index is 2.44. The van der Waals surface area contributed by atoms with Crippen LogP contribution in [0.4, 0.5) is 0 Å². The molecule has 0 aliphatic rings. The molecule has 0 spiro atoms. The van der Waals surface area contributed by atoms with Gasteiger partial charge in [-0.25, -0.2) is 0 Å². The van der Waals surface area contributed by atoms with Crippen molar-refractivity contribution in [3.63, 3.8) is 0 Å². The minimum Gasteiger partial charge on any atom is -0.341 e. The Morgan fingerprint density at radius 2 is 0.451 bits per heavy atom. The van der Waals surface area contributed by atoms with Gasteiger partial charge in [0.05, 0.1) is 0 Å². The van der Waals surface area contributed by atoms with E-state index in [2.05, 4.69) is 278 Å². The highest BCUT2D eigenvalue weighted by Gasteiger charge is 2.20. The third-order valence-electron chi connectivity index (χ3n) is 14.6. The summed E-state index contributed by atoms with van der Waals surface area (Å²) in [6.07, 6.45) is 0. The highest BCUT2D eigenvalue weighted by Crippen LogP contribution is 2.47. The molecule has 0 bridgehead atoms. The fourth-order valence-electron chi connectivity index (χ4n) is 11.0. The molecule has 1 heterocycles. The number of aromatic nitrogens is 1. The van der Waals surface area contributed by atoms with Gasteiger partial charge in [-0.1, -0.05) is 231 Å². The van der Waals surface area contributed by atoms with Gasteiger partial charge in [-0.3, -0.25) is 0 Å². The van der Waals surface area contributed by atoms with Crippen molar-refractivity contribution >= 4 is 43.4 Å². The Morgan fingerprint density at radius 1 is 0.211 bits per heavy atom. The van der Waals surface area contributed by atoms with Gasteiger partial charge in [0.1, 0.15) is 0 Å². The Labute approximate surface area is 415 Å². The molecule has 1 heteroatoms. The third kappa shape index (κ3) is 7.60. The summed E-state index contributed by atoms with van der Waals surface area (Å²) in [6, 6.07) is 98.4. The third-order valence-corrected chi connectivity index (χ3v) is 14.6. The monoisotopic (exact) mass is 903 g/mol. The van der Waals surface area contributed by atoms with Gasteiger partial charge in [-0.05, 0) is 154 Å². The van der Waals surface area contributed by atoms with E-state index in [-0.39, 0.29) is 0 Å². The number of hydrogen-bond acceptors (Lipinski definition) is 0. The summed E-state index contributed by atoms with van der Waals surface area (Å²) in [5.74, 6) is 0. The van der Waals surface area contributed by atoms with Crippen molar-refractivity contribution in [2.24, 2.45) is 0 Å². The first-order valence-corrected chi connectivity index (χ1v) is 24.8. The zero-order valence-electron chi connectivity index (χ0n) is 39.6. The Morgan fingerprint density at radius 3 is 0.775 bits per heavy atom. The second-order valence-corrected chi connectivity index (χ2v) is 18.7. The lowest BCUT2D eigenvalue weighted by atomic mass is 9.83. The molecular weight excluding hydrogens is 855 g/mol. The van der Waals surface area contributed by atoms with Crippen LogP contribution in [0.25, 0.3) is 132 Å². The van der Waals surface area contributed by atoms with E-state index < -0.39 is 0 Å².